The second-order valence-electron chi connectivity index (χ2n) is 6.02. The molecule has 2 N–H and O–H groups in total. The first-order chi connectivity index (χ1) is 11.2. The van der Waals surface area contributed by atoms with Crippen LogP contribution < -0.4 is 10.6 Å². The monoisotopic (exact) mass is 317 g/mol. The van der Waals surface area contributed by atoms with E-state index in [-0.39, 0.29) is 17.7 Å². The minimum atomic E-state index is -0.0104. The summed E-state index contributed by atoms with van der Waals surface area (Å²) in [6, 6.07) is 7.17. The molecule has 124 valence electrons. The van der Waals surface area contributed by atoms with Gasteiger partial charge < -0.3 is 20.3 Å². The Balaban J connectivity index is 1.64. The molecule has 0 bridgehead atoms. The molecule has 3 rings (SSSR count). The molecule has 6 nitrogen and oxygen atoms in total. The highest BCUT2D eigenvalue weighted by Gasteiger charge is 2.22. The maximum Gasteiger partial charge on any atom is 0.254 e. The maximum absolute atomic E-state index is 12.5. The number of rotatable bonds is 3. The summed E-state index contributed by atoms with van der Waals surface area (Å²) in [6.07, 6.45) is 1.93. The minimum Gasteiger partial charge on any atom is -0.378 e. The third kappa shape index (κ3) is 4.09. The molecule has 2 amide bonds. The lowest BCUT2D eigenvalue weighted by atomic mass is 9.98. The minimum absolute atomic E-state index is 0.00218. The van der Waals surface area contributed by atoms with Gasteiger partial charge in [0.1, 0.15) is 0 Å². The zero-order chi connectivity index (χ0) is 16.1. The van der Waals surface area contributed by atoms with Crippen LogP contribution in [-0.4, -0.2) is 56.1 Å². The smallest absolute Gasteiger partial charge is 0.254 e. The van der Waals surface area contributed by atoms with Gasteiger partial charge in [-0.05, 0) is 37.6 Å². The maximum atomic E-state index is 12.5. The highest BCUT2D eigenvalue weighted by atomic mass is 16.5. The number of carbonyl (C=O) groups is 2. The quantitative estimate of drug-likeness (QED) is 0.876. The first kappa shape index (κ1) is 16.0. The normalized spacial score (nSPS) is 21.7. The summed E-state index contributed by atoms with van der Waals surface area (Å²) in [5.74, 6) is 0.0132. The Labute approximate surface area is 136 Å². The van der Waals surface area contributed by atoms with E-state index in [1.54, 1.807) is 17.0 Å². The Hall–Kier alpha value is -1.92. The van der Waals surface area contributed by atoms with Gasteiger partial charge in [0.2, 0.25) is 5.91 Å². The third-order valence-corrected chi connectivity index (χ3v) is 4.34. The van der Waals surface area contributed by atoms with Gasteiger partial charge in [-0.15, -0.1) is 0 Å². The number of ether oxygens (including phenoxy) is 1. The van der Waals surface area contributed by atoms with Gasteiger partial charge in [0.15, 0.2) is 0 Å². The molecule has 2 heterocycles. The zero-order valence-corrected chi connectivity index (χ0v) is 13.2. The van der Waals surface area contributed by atoms with Gasteiger partial charge in [-0.3, -0.25) is 9.59 Å². The molecule has 1 unspecified atom stereocenters. The second kappa shape index (κ2) is 7.57. The number of carbonyl (C=O) groups excluding carboxylic acids is 2. The lowest BCUT2D eigenvalue weighted by Crippen LogP contribution is -2.40. The van der Waals surface area contributed by atoms with E-state index in [0.29, 0.717) is 37.6 Å². The fourth-order valence-corrected chi connectivity index (χ4v) is 3.00. The predicted octanol–water partition coefficient (Wildman–Crippen LogP) is 1.10. The van der Waals surface area contributed by atoms with Crippen LogP contribution in [-0.2, 0) is 9.53 Å². The van der Waals surface area contributed by atoms with Crippen molar-refractivity contribution >= 4 is 17.5 Å². The van der Waals surface area contributed by atoms with Crippen molar-refractivity contribution in [3.05, 3.63) is 29.8 Å². The molecule has 0 aromatic heterocycles. The standard InChI is InChI=1S/C17H23N3O3/c21-16(14-4-2-6-18-12-14)19-15-5-1-3-13(11-15)17(22)20-7-9-23-10-8-20/h1,3,5,11,14,18H,2,4,6-10,12H2,(H,19,21). The van der Waals surface area contributed by atoms with E-state index in [1.165, 1.54) is 0 Å². The van der Waals surface area contributed by atoms with Gasteiger partial charge >= 0.3 is 0 Å². The van der Waals surface area contributed by atoms with Gasteiger partial charge in [0.05, 0.1) is 19.1 Å². The van der Waals surface area contributed by atoms with Crippen molar-refractivity contribution in [2.75, 3.05) is 44.7 Å². The Morgan fingerprint density at radius 1 is 1.26 bits per heavy atom. The van der Waals surface area contributed by atoms with Crippen LogP contribution in [0.2, 0.25) is 0 Å². The van der Waals surface area contributed by atoms with Crippen molar-refractivity contribution in [3.63, 3.8) is 0 Å². The molecule has 23 heavy (non-hydrogen) atoms. The van der Waals surface area contributed by atoms with Crippen LogP contribution in [0.5, 0.6) is 0 Å². The molecule has 0 aliphatic carbocycles. The number of nitrogens with zero attached hydrogens (tertiary/aromatic N) is 1. The number of benzene rings is 1. The van der Waals surface area contributed by atoms with Crippen LogP contribution in [0.4, 0.5) is 5.69 Å². The fourth-order valence-electron chi connectivity index (χ4n) is 3.00. The van der Waals surface area contributed by atoms with Crippen molar-refractivity contribution in [2.45, 2.75) is 12.8 Å². The second-order valence-corrected chi connectivity index (χ2v) is 6.02. The molecule has 2 aliphatic heterocycles. The number of piperidine rings is 1. The van der Waals surface area contributed by atoms with Crippen molar-refractivity contribution in [1.82, 2.24) is 10.2 Å². The van der Waals surface area contributed by atoms with E-state index < -0.39 is 0 Å². The Kier molecular flexibility index (Phi) is 5.25. The SMILES string of the molecule is O=C(Nc1cccc(C(=O)N2CCOCC2)c1)C1CCCNC1. The summed E-state index contributed by atoms with van der Waals surface area (Å²) >= 11 is 0. The van der Waals surface area contributed by atoms with Crippen LogP contribution in [0.1, 0.15) is 23.2 Å². The first-order valence-electron chi connectivity index (χ1n) is 8.23. The largest absolute Gasteiger partial charge is 0.378 e. The number of anilines is 1. The van der Waals surface area contributed by atoms with E-state index >= 15 is 0 Å². The molecule has 0 radical (unpaired) electrons. The molecular weight excluding hydrogens is 294 g/mol. The molecule has 1 atom stereocenters. The molecular formula is C17H23N3O3. The molecule has 0 spiro atoms. The molecule has 2 saturated heterocycles. The van der Waals surface area contributed by atoms with E-state index in [0.717, 1.165) is 25.9 Å². The lowest BCUT2D eigenvalue weighted by Gasteiger charge is -2.27. The van der Waals surface area contributed by atoms with Crippen molar-refractivity contribution in [3.8, 4) is 0 Å². The summed E-state index contributed by atoms with van der Waals surface area (Å²) in [7, 11) is 0. The van der Waals surface area contributed by atoms with Gasteiger partial charge in [-0.25, -0.2) is 0 Å². The number of nitrogens with one attached hydrogen (secondary N) is 2. The summed E-state index contributed by atoms with van der Waals surface area (Å²) in [4.78, 5) is 26.6. The van der Waals surface area contributed by atoms with Gasteiger partial charge in [-0.1, -0.05) is 6.07 Å². The number of amides is 2. The molecule has 1 aromatic carbocycles. The number of hydrogen-bond acceptors (Lipinski definition) is 4. The summed E-state index contributed by atoms with van der Waals surface area (Å²) in [6.45, 7) is 4.09. The molecule has 2 fully saturated rings. The van der Waals surface area contributed by atoms with Crippen molar-refractivity contribution < 1.29 is 14.3 Å². The first-order valence-corrected chi connectivity index (χ1v) is 8.23. The van der Waals surface area contributed by atoms with E-state index in [4.69, 9.17) is 4.74 Å². The lowest BCUT2D eigenvalue weighted by molar-refractivity contribution is -0.120. The third-order valence-electron chi connectivity index (χ3n) is 4.34. The topological polar surface area (TPSA) is 70.7 Å². The number of hydrogen-bond donors (Lipinski definition) is 2. The highest BCUT2D eigenvalue weighted by Crippen LogP contribution is 2.17. The van der Waals surface area contributed by atoms with Crippen LogP contribution in [0.3, 0.4) is 0 Å². The Morgan fingerprint density at radius 2 is 2.09 bits per heavy atom. The van der Waals surface area contributed by atoms with Crippen LogP contribution >= 0.6 is 0 Å². The van der Waals surface area contributed by atoms with Crippen LogP contribution in [0, 0.1) is 5.92 Å². The molecule has 2 aliphatic rings. The number of morpholine rings is 1. The van der Waals surface area contributed by atoms with E-state index in [2.05, 4.69) is 10.6 Å². The van der Waals surface area contributed by atoms with Gasteiger partial charge in [0.25, 0.3) is 5.91 Å². The highest BCUT2D eigenvalue weighted by molar-refractivity contribution is 5.97. The predicted molar refractivity (Wildman–Crippen MR) is 87.4 cm³/mol. The van der Waals surface area contributed by atoms with E-state index in [9.17, 15) is 9.59 Å². The van der Waals surface area contributed by atoms with Crippen molar-refractivity contribution in [1.29, 1.82) is 0 Å². The molecule has 6 heteroatoms. The fraction of sp³-hybridized carbons (Fsp3) is 0.529. The average molecular weight is 317 g/mol. The average Bonchev–Trinajstić information content (AvgIpc) is 2.63. The molecule has 0 saturated carbocycles. The van der Waals surface area contributed by atoms with Gasteiger partial charge in [0, 0.05) is 30.9 Å². The zero-order valence-electron chi connectivity index (χ0n) is 13.2. The van der Waals surface area contributed by atoms with E-state index in [1.807, 2.05) is 12.1 Å². The summed E-state index contributed by atoms with van der Waals surface area (Å²) in [5, 5.41) is 6.18. The van der Waals surface area contributed by atoms with Gasteiger partial charge in [-0.2, -0.15) is 0 Å². The molecule has 1 aromatic rings. The Bertz CT molecular complexity index is 564. The Morgan fingerprint density at radius 3 is 2.83 bits per heavy atom. The summed E-state index contributed by atoms with van der Waals surface area (Å²) in [5.41, 5.74) is 1.28. The van der Waals surface area contributed by atoms with Crippen molar-refractivity contribution in [2.24, 2.45) is 5.92 Å². The summed E-state index contributed by atoms with van der Waals surface area (Å²) < 4.78 is 5.27. The van der Waals surface area contributed by atoms with Crippen LogP contribution in [0.25, 0.3) is 0 Å². The van der Waals surface area contributed by atoms with Crippen LogP contribution in [0.15, 0.2) is 24.3 Å².